The number of nitrogens with one attached hydrogen (secondary N) is 2. The molecule has 2 heterocycles. The fraction of sp³-hybridized carbons (Fsp3) is 0.464. The second-order valence-electron chi connectivity index (χ2n) is 11.0. The highest BCUT2D eigenvalue weighted by Gasteiger charge is 2.40. The zero-order valence-corrected chi connectivity index (χ0v) is 20.0. The van der Waals surface area contributed by atoms with Crippen LogP contribution in [0, 0.1) is 12.8 Å². The van der Waals surface area contributed by atoms with E-state index in [0.717, 1.165) is 31.5 Å². The standard InChI is InChI=1S/C28H35N3O/c1-17-21-14-25-22(23-12-20(28(2,3)4)13-24(30-17)26(21)23)11-18(16-31(25)5)15-29-27(32)19-9-7-6-8-10-19/h6-10,12-13,18,22,25,30H,11,14-16H2,1-5H3,(H,29,32)/t18-,22+,25+/m0/s1. The van der Waals surface area contributed by atoms with Crippen molar-refractivity contribution >= 4 is 16.8 Å². The Balaban J connectivity index is 1.44. The van der Waals surface area contributed by atoms with Crippen molar-refractivity contribution in [2.45, 2.75) is 57.9 Å². The molecule has 0 bridgehead atoms. The van der Waals surface area contributed by atoms with Crippen molar-refractivity contribution in [3.63, 3.8) is 0 Å². The zero-order chi connectivity index (χ0) is 22.6. The maximum Gasteiger partial charge on any atom is 0.251 e. The molecular formula is C28H35N3O. The predicted molar refractivity (Wildman–Crippen MR) is 131 cm³/mol. The highest BCUT2D eigenvalue weighted by Crippen LogP contribution is 2.46. The van der Waals surface area contributed by atoms with Crippen molar-refractivity contribution in [2.24, 2.45) is 5.92 Å². The molecule has 0 unspecified atom stereocenters. The number of hydrogen-bond donors (Lipinski definition) is 2. The van der Waals surface area contributed by atoms with Crippen LogP contribution in [0.2, 0.25) is 0 Å². The molecule has 1 aromatic heterocycles. The summed E-state index contributed by atoms with van der Waals surface area (Å²) in [6, 6.07) is 14.9. The Morgan fingerprint density at radius 1 is 1.19 bits per heavy atom. The third-order valence-corrected chi connectivity index (χ3v) is 7.68. The van der Waals surface area contributed by atoms with Crippen molar-refractivity contribution in [2.75, 3.05) is 20.1 Å². The average Bonchev–Trinajstić information content (AvgIpc) is 3.08. The van der Waals surface area contributed by atoms with Crippen molar-refractivity contribution in [1.29, 1.82) is 0 Å². The molecule has 4 nitrogen and oxygen atoms in total. The summed E-state index contributed by atoms with van der Waals surface area (Å²) in [6.07, 6.45) is 2.23. The van der Waals surface area contributed by atoms with Crippen LogP contribution in [0.1, 0.15) is 65.9 Å². The third-order valence-electron chi connectivity index (χ3n) is 7.68. The molecule has 32 heavy (non-hydrogen) atoms. The molecule has 2 aliphatic rings. The van der Waals surface area contributed by atoms with Crippen LogP contribution in [0.15, 0.2) is 42.5 Å². The van der Waals surface area contributed by atoms with Gasteiger partial charge in [0.25, 0.3) is 5.91 Å². The van der Waals surface area contributed by atoms with Gasteiger partial charge in [-0.25, -0.2) is 0 Å². The molecule has 0 saturated carbocycles. The summed E-state index contributed by atoms with van der Waals surface area (Å²) in [5.74, 6) is 0.975. The van der Waals surface area contributed by atoms with Crippen molar-refractivity contribution in [1.82, 2.24) is 15.2 Å². The first kappa shape index (κ1) is 21.3. The number of hydrogen-bond acceptors (Lipinski definition) is 2. The second-order valence-corrected chi connectivity index (χ2v) is 11.0. The van der Waals surface area contributed by atoms with E-state index < -0.39 is 0 Å². The number of carbonyl (C=O) groups excluding carboxylic acids is 1. The summed E-state index contributed by atoms with van der Waals surface area (Å²) in [7, 11) is 2.26. The van der Waals surface area contributed by atoms with Gasteiger partial charge in [0.2, 0.25) is 0 Å². The van der Waals surface area contributed by atoms with Crippen molar-refractivity contribution in [3.05, 3.63) is 70.4 Å². The topological polar surface area (TPSA) is 48.1 Å². The Morgan fingerprint density at radius 2 is 1.94 bits per heavy atom. The monoisotopic (exact) mass is 429 g/mol. The maximum absolute atomic E-state index is 12.6. The van der Waals surface area contributed by atoms with Crippen LogP contribution in [-0.2, 0) is 11.8 Å². The number of nitrogens with zero attached hydrogens (tertiary/aromatic N) is 1. The summed E-state index contributed by atoms with van der Waals surface area (Å²) in [5.41, 5.74) is 7.86. The smallest absolute Gasteiger partial charge is 0.251 e. The molecule has 1 fully saturated rings. The number of aromatic nitrogens is 1. The van der Waals surface area contributed by atoms with E-state index in [4.69, 9.17) is 0 Å². The van der Waals surface area contributed by atoms with E-state index in [2.05, 4.69) is 62.1 Å². The number of aryl methyl sites for hydroxylation is 1. The van der Waals surface area contributed by atoms with Crippen molar-refractivity contribution < 1.29 is 4.79 Å². The normalized spacial score (nSPS) is 23.2. The fourth-order valence-corrected chi connectivity index (χ4v) is 5.90. The van der Waals surface area contributed by atoms with E-state index >= 15 is 0 Å². The summed E-state index contributed by atoms with van der Waals surface area (Å²) in [6.45, 7) is 10.9. The number of rotatable bonds is 3. The summed E-state index contributed by atoms with van der Waals surface area (Å²) < 4.78 is 0. The fourth-order valence-electron chi connectivity index (χ4n) is 5.90. The molecule has 1 amide bonds. The summed E-state index contributed by atoms with van der Waals surface area (Å²) >= 11 is 0. The largest absolute Gasteiger partial charge is 0.358 e. The highest BCUT2D eigenvalue weighted by molar-refractivity contribution is 5.94. The third kappa shape index (κ3) is 3.65. The Bertz CT molecular complexity index is 1150. The first-order valence-corrected chi connectivity index (χ1v) is 11.9. The molecule has 2 N–H and O–H groups in total. The van der Waals surface area contributed by atoms with Gasteiger partial charge in [0.05, 0.1) is 0 Å². The quantitative estimate of drug-likeness (QED) is 0.604. The summed E-state index contributed by atoms with van der Waals surface area (Å²) in [5, 5.41) is 4.65. The molecule has 1 aliphatic heterocycles. The lowest BCUT2D eigenvalue weighted by molar-refractivity contribution is 0.0890. The number of benzene rings is 2. The Morgan fingerprint density at radius 3 is 2.66 bits per heavy atom. The second kappa shape index (κ2) is 7.77. The Hall–Kier alpha value is -2.59. The van der Waals surface area contributed by atoms with Crippen LogP contribution in [-0.4, -0.2) is 42.0 Å². The first-order chi connectivity index (χ1) is 15.2. The number of amides is 1. The van der Waals surface area contributed by atoms with Crippen LogP contribution in [0.4, 0.5) is 0 Å². The van der Waals surface area contributed by atoms with Crippen LogP contribution in [0.25, 0.3) is 10.9 Å². The molecule has 0 radical (unpaired) electrons. The van der Waals surface area contributed by atoms with Gasteiger partial charge in [-0.3, -0.25) is 4.79 Å². The lowest BCUT2D eigenvalue weighted by Gasteiger charge is -2.46. The van der Waals surface area contributed by atoms with E-state index in [-0.39, 0.29) is 11.3 Å². The van der Waals surface area contributed by atoms with Gasteiger partial charge < -0.3 is 15.2 Å². The molecule has 3 atom stereocenters. The van der Waals surface area contributed by atoms with Gasteiger partial charge in [-0.05, 0) is 73.0 Å². The molecule has 5 rings (SSSR count). The summed E-state index contributed by atoms with van der Waals surface area (Å²) in [4.78, 5) is 18.8. The van der Waals surface area contributed by atoms with E-state index in [1.54, 1.807) is 0 Å². The molecule has 1 saturated heterocycles. The first-order valence-electron chi connectivity index (χ1n) is 11.9. The Kier molecular flexibility index (Phi) is 5.16. The van der Waals surface area contributed by atoms with Gasteiger partial charge in [-0.15, -0.1) is 0 Å². The van der Waals surface area contributed by atoms with E-state index in [0.29, 0.717) is 17.9 Å². The van der Waals surface area contributed by atoms with Gasteiger partial charge in [0, 0.05) is 47.2 Å². The van der Waals surface area contributed by atoms with Crippen LogP contribution in [0.5, 0.6) is 0 Å². The number of fused-ring (bicyclic) bond motifs is 2. The number of likely N-dealkylation sites (tertiary alicyclic amines) is 1. The predicted octanol–water partition coefficient (Wildman–Crippen LogP) is 5.16. The minimum Gasteiger partial charge on any atom is -0.358 e. The SMILES string of the molecule is Cc1[nH]c2cc(C(C)(C)C)cc3c2c1C[C@@H]1[C@@H]3C[C@@H](CNC(=O)c2ccccc2)CN1C. The van der Waals surface area contributed by atoms with Gasteiger partial charge >= 0.3 is 0 Å². The lowest BCUT2D eigenvalue weighted by Crippen LogP contribution is -2.50. The molecule has 3 aromatic rings. The number of piperidine rings is 1. The lowest BCUT2D eigenvalue weighted by atomic mass is 9.70. The molecular weight excluding hydrogens is 394 g/mol. The van der Waals surface area contributed by atoms with Gasteiger partial charge in [-0.2, -0.15) is 0 Å². The van der Waals surface area contributed by atoms with E-state index in [9.17, 15) is 4.79 Å². The molecule has 4 heteroatoms. The minimum atomic E-state index is 0.0275. The number of carbonyl (C=O) groups is 1. The highest BCUT2D eigenvalue weighted by atomic mass is 16.1. The van der Waals surface area contributed by atoms with Crippen LogP contribution in [0.3, 0.4) is 0 Å². The maximum atomic E-state index is 12.6. The molecule has 168 valence electrons. The van der Waals surface area contributed by atoms with Crippen molar-refractivity contribution in [3.8, 4) is 0 Å². The van der Waals surface area contributed by atoms with Crippen LogP contribution >= 0.6 is 0 Å². The Labute approximate surface area is 191 Å². The molecule has 0 spiro atoms. The minimum absolute atomic E-state index is 0.0275. The average molecular weight is 430 g/mol. The zero-order valence-electron chi connectivity index (χ0n) is 20.0. The molecule has 2 aromatic carbocycles. The van der Waals surface area contributed by atoms with E-state index in [1.807, 2.05) is 30.3 Å². The van der Waals surface area contributed by atoms with Gasteiger partial charge in [0.1, 0.15) is 0 Å². The van der Waals surface area contributed by atoms with Gasteiger partial charge in [-0.1, -0.05) is 45.0 Å². The van der Waals surface area contributed by atoms with E-state index in [1.165, 1.54) is 33.3 Å². The number of likely N-dealkylation sites (N-methyl/N-ethyl adjacent to an activating group) is 1. The number of aromatic amines is 1. The molecule has 1 aliphatic carbocycles. The van der Waals surface area contributed by atoms with Crippen LogP contribution < -0.4 is 5.32 Å². The van der Waals surface area contributed by atoms with Gasteiger partial charge in [0.15, 0.2) is 0 Å². The number of H-pyrrole nitrogens is 1.